The molecule has 0 radical (unpaired) electrons. The number of rotatable bonds is 6. The first-order valence-corrected chi connectivity index (χ1v) is 11.9. The lowest BCUT2D eigenvalue weighted by molar-refractivity contribution is -0.252. The molecular weight excluding hydrogens is 427 g/mol. The van der Waals surface area contributed by atoms with Gasteiger partial charge in [-0.2, -0.15) is 5.01 Å². The van der Waals surface area contributed by atoms with E-state index >= 15 is 0 Å². The average molecular weight is 454 g/mol. The molecular formula is C14H27N6O7PS. The minimum atomic E-state index is -1.63. The van der Waals surface area contributed by atoms with Crippen LogP contribution in [-0.2, 0) is 16.5 Å². The Balaban J connectivity index is 0.000000183. The maximum atomic E-state index is 11.3. The Morgan fingerprint density at radius 3 is 2.00 bits per heavy atom. The molecule has 4 saturated heterocycles. The normalized spacial score (nSPS) is 34.6. The van der Waals surface area contributed by atoms with Gasteiger partial charge in [-0.3, -0.25) is 0 Å². The number of carbonyl (C=O) groups is 1. The lowest BCUT2D eigenvalue weighted by Gasteiger charge is -2.40. The van der Waals surface area contributed by atoms with E-state index in [1.807, 2.05) is 0 Å². The van der Waals surface area contributed by atoms with E-state index in [0.29, 0.717) is 5.01 Å². The van der Waals surface area contributed by atoms with E-state index in [4.69, 9.17) is 21.7 Å². The summed E-state index contributed by atoms with van der Waals surface area (Å²) in [7, 11) is 1.07. The van der Waals surface area contributed by atoms with Crippen molar-refractivity contribution in [2.75, 3.05) is 52.9 Å². The first kappa shape index (κ1) is 22.9. The average Bonchev–Trinajstić information content (AvgIpc) is 3.56. The van der Waals surface area contributed by atoms with Crippen LogP contribution in [0.4, 0.5) is 4.79 Å². The number of nitrogens with zero attached hydrogens (tertiary/aromatic N) is 5. The van der Waals surface area contributed by atoms with Crippen molar-refractivity contribution in [1.82, 2.24) is 24.3 Å². The fraction of sp³-hybridized carbons (Fsp3) is 0.929. The van der Waals surface area contributed by atoms with Crippen molar-refractivity contribution in [3.8, 4) is 0 Å². The van der Waals surface area contributed by atoms with Gasteiger partial charge in [-0.25, -0.2) is 18.8 Å². The number of urea groups is 1. The Kier molecular flexibility index (Phi) is 7.21. The van der Waals surface area contributed by atoms with E-state index in [1.54, 1.807) is 0 Å². The highest BCUT2D eigenvalue weighted by molar-refractivity contribution is 8.11. The summed E-state index contributed by atoms with van der Waals surface area (Å²) in [4.78, 5) is 21.4. The van der Waals surface area contributed by atoms with Crippen molar-refractivity contribution in [2.24, 2.45) is 5.29 Å². The molecule has 166 valence electrons. The Hall–Kier alpha value is -0.800. The van der Waals surface area contributed by atoms with Gasteiger partial charge in [0.1, 0.15) is 30.8 Å². The summed E-state index contributed by atoms with van der Waals surface area (Å²) in [6, 6.07) is -2.33. The summed E-state index contributed by atoms with van der Waals surface area (Å²) >= 11 is 5.75. The van der Waals surface area contributed by atoms with Crippen molar-refractivity contribution in [3.63, 3.8) is 0 Å². The first-order chi connectivity index (χ1) is 13.7. The third-order valence-corrected chi connectivity index (χ3v) is 10.5. The van der Waals surface area contributed by atoms with Gasteiger partial charge in [-0.15, -0.1) is 4.91 Å². The molecule has 2 amide bonds. The second-order valence-corrected chi connectivity index (χ2v) is 11.4. The lowest BCUT2D eigenvalue weighted by Crippen LogP contribution is -2.64. The molecule has 13 nitrogen and oxygen atoms in total. The molecule has 4 rings (SSSR count). The van der Waals surface area contributed by atoms with Gasteiger partial charge in [0, 0.05) is 46.3 Å². The predicted molar refractivity (Wildman–Crippen MR) is 105 cm³/mol. The highest BCUT2D eigenvalue weighted by Gasteiger charge is 2.50. The van der Waals surface area contributed by atoms with E-state index in [9.17, 15) is 25.0 Å². The van der Waals surface area contributed by atoms with Crippen LogP contribution in [0.1, 0.15) is 0 Å². The Morgan fingerprint density at radius 2 is 1.62 bits per heavy atom. The summed E-state index contributed by atoms with van der Waals surface area (Å²) in [6.07, 6.45) is -5.84. The van der Waals surface area contributed by atoms with E-state index in [2.05, 4.69) is 24.6 Å². The van der Waals surface area contributed by atoms with E-state index < -0.39 is 49.8 Å². The summed E-state index contributed by atoms with van der Waals surface area (Å²) in [5.74, 6) is 0. The quantitative estimate of drug-likeness (QED) is 0.123. The number of carbonyl (C=O) groups excluding carboxylic acids is 1. The van der Waals surface area contributed by atoms with Crippen LogP contribution >= 0.6 is 6.49 Å². The molecule has 4 aliphatic heterocycles. The van der Waals surface area contributed by atoms with Gasteiger partial charge in [0.2, 0.25) is 0 Å². The molecule has 0 bridgehead atoms. The Labute approximate surface area is 172 Å². The second-order valence-electron chi connectivity index (χ2n) is 7.18. The van der Waals surface area contributed by atoms with Gasteiger partial charge in [0.25, 0.3) is 0 Å². The third kappa shape index (κ3) is 5.10. The molecule has 0 aromatic carbocycles. The largest absolute Gasteiger partial charge is 0.394 e. The van der Waals surface area contributed by atoms with Crippen LogP contribution in [0.5, 0.6) is 0 Å². The van der Waals surface area contributed by atoms with Crippen LogP contribution in [0.25, 0.3) is 0 Å². The molecule has 0 unspecified atom stereocenters. The standard InChI is InChI=1S/C8H15N3O7.C6H12N3PS/c1-11(10-17)8(16)9-4-6(14)5(13)3(2-12)18-7(4)15;11-10(7-1-2-7,8-3-4-8)9-5-6-9/h3-7,12-15H,2H2,1H3,(H,9,16);1-6H2/t3-,4-,5-,6-,7+;/m1./s1. The Bertz CT molecular complexity index is 626. The van der Waals surface area contributed by atoms with Gasteiger partial charge in [-0.05, 0) is 11.8 Å². The number of aliphatic hydroxyl groups is 4. The fourth-order valence-corrected chi connectivity index (χ4v) is 7.35. The van der Waals surface area contributed by atoms with Crippen LogP contribution in [0, 0.1) is 4.91 Å². The highest BCUT2D eigenvalue weighted by atomic mass is 32.4. The molecule has 0 aromatic heterocycles. The molecule has 5 N–H and O–H groups in total. The van der Waals surface area contributed by atoms with Gasteiger partial charge in [0.05, 0.1) is 11.9 Å². The number of nitrogens with one attached hydrogen (secondary N) is 1. The van der Waals surface area contributed by atoms with Crippen LogP contribution in [-0.4, -0.2) is 129 Å². The first-order valence-electron chi connectivity index (χ1n) is 9.28. The van der Waals surface area contributed by atoms with E-state index in [-0.39, 0.29) is 0 Å². The molecule has 4 heterocycles. The van der Waals surface area contributed by atoms with Crippen molar-refractivity contribution in [2.45, 2.75) is 30.6 Å². The number of aliphatic hydroxyl groups excluding tert-OH is 4. The summed E-state index contributed by atoms with van der Waals surface area (Å²) in [5, 5.41) is 42.4. The fourth-order valence-electron chi connectivity index (χ4n) is 2.98. The number of amides is 2. The topological polar surface area (TPSA) is 161 Å². The SMILES string of the molecule is CN(N=O)C(=O)N[C@@H]1[C@@H](O)[C@H](O)[C@@H](CO)O[C@@H]1O.S=P(N1CC1)(N1CC1)N1CC1. The monoisotopic (exact) mass is 454 g/mol. The summed E-state index contributed by atoms with van der Waals surface area (Å²) < 4.78 is 12.3. The molecule has 0 aromatic rings. The van der Waals surface area contributed by atoms with Crippen LogP contribution in [0.3, 0.4) is 0 Å². The van der Waals surface area contributed by atoms with Gasteiger partial charge in [0.15, 0.2) is 6.29 Å². The van der Waals surface area contributed by atoms with Crippen molar-refractivity contribution in [1.29, 1.82) is 0 Å². The Morgan fingerprint density at radius 1 is 1.14 bits per heavy atom. The zero-order chi connectivity index (χ0) is 21.3. The summed E-state index contributed by atoms with van der Waals surface area (Å²) in [6.45, 7) is 5.65. The smallest absolute Gasteiger partial charge is 0.340 e. The van der Waals surface area contributed by atoms with Crippen molar-refractivity contribution in [3.05, 3.63) is 4.91 Å². The minimum absolute atomic E-state index is 0.407. The van der Waals surface area contributed by atoms with E-state index in [1.165, 1.54) is 39.3 Å². The number of hydrogen-bond acceptors (Lipinski definition) is 9. The van der Waals surface area contributed by atoms with Gasteiger partial charge >= 0.3 is 6.03 Å². The molecule has 0 spiro atoms. The number of ether oxygens (including phenoxy) is 1. The minimum Gasteiger partial charge on any atom is -0.394 e. The van der Waals surface area contributed by atoms with Crippen LogP contribution < -0.4 is 5.32 Å². The van der Waals surface area contributed by atoms with Crippen molar-refractivity contribution >= 4 is 24.3 Å². The highest BCUT2D eigenvalue weighted by Crippen LogP contribution is 2.65. The van der Waals surface area contributed by atoms with Gasteiger partial charge in [-0.1, -0.05) is 0 Å². The molecule has 29 heavy (non-hydrogen) atoms. The molecule has 0 aliphatic carbocycles. The van der Waals surface area contributed by atoms with Crippen LogP contribution in [0.2, 0.25) is 0 Å². The number of hydrogen-bond donors (Lipinski definition) is 5. The maximum absolute atomic E-state index is 11.3. The maximum Gasteiger partial charge on any atom is 0.340 e. The molecule has 4 fully saturated rings. The molecule has 0 saturated carbocycles. The van der Waals surface area contributed by atoms with Gasteiger partial charge < -0.3 is 30.5 Å². The second kappa shape index (κ2) is 9.14. The lowest BCUT2D eigenvalue weighted by atomic mass is 9.97. The number of nitroso groups, excluding NO2 is 1. The predicted octanol–water partition coefficient (Wildman–Crippen LogP) is -2.73. The van der Waals surface area contributed by atoms with E-state index in [0.717, 1.165) is 7.05 Å². The van der Waals surface area contributed by atoms with Crippen LogP contribution in [0.15, 0.2) is 5.29 Å². The molecule has 5 atom stereocenters. The summed E-state index contributed by atoms with van der Waals surface area (Å²) in [5.41, 5.74) is 0. The molecule has 15 heteroatoms. The molecule has 4 aliphatic rings. The van der Waals surface area contributed by atoms with Crippen molar-refractivity contribution < 1.29 is 30.0 Å². The third-order valence-electron chi connectivity index (χ3n) is 4.98. The zero-order valence-corrected chi connectivity index (χ0v) is 17.7. The zero-order valence-electron chi connectivity index (χ0n) is 15.9.